The summed E-state index contributed by atoms with van der Waals surface area (Å²) in [4.78, 5) is 26.9. The van der Waals surface area contributed by atoms with E-state index < -0.39 is 29.3 Å². The molecule has 0 aromatic heterocycles. The summed E-state index contributed by atoms with van der Waals surface area (Å²) < 4.78 is 45.6. The van der Waals surface area contributed by atoms with E-state index in [1.54, 1.807) is 25.7 Å². The van der Waals surface area contributed by atoms with Crippen LogP contribution in [0.15, 0.2) is 18.2 Å². The lowest BCUT2D eigenvalue weighted by Crippen LogP contribution is -2.54. The van der Waals surface area contributed by atoms with E-state index in [1.165, 1.54) is 12.1 Å². The molecule has 0 bridgehead atoms. The second-order valence-electron chi connectivity index (χ2n) is 7.99. The second-order valence-corrected chi connectivity index (χ2v) is 7.99. The molecular formula is C19H26F3N3O3. The average Bonchev–Trinajstić information content (AvgIpc) is 2.52. The monoisotopic (exact) mass is 401 g/mol. The van der Waals surface area contributed by atoms with Crippen LogP contribution in [0.2, 0.25) is 0 Å². The van der Waals surface area contributed by atoms with Crippen molar-refractivity contribution in [2.24, 2.45) is 5.73 Å². The molecule has 2 amide bonds. The molecule has 0 radical (unpaired) electrons. The lowest BCUT2D eigenvalue weighted by molar-refractivity contribution is -0.138. The largest absolute Gasteiger partial charge is 0.444 e. The van der Waals surface area contributed by atoms with Gasteiger partial charge >= 0.3 is 12.3 Å². The molecule has 1 fully saturated rings. The van der Waals surface area contributed by atoms with Crippen molar-refractivity contribution in [2.45, 2.75) is 52.1 Å². The Morgan fingerprint density at radius 2 is 1.86 bits per heavy atom. The number of alkyl halides is 3. The topological polar surface area (TPSA) is 75.9 Å². The summed E-state index contributed by atoms with van der Waals surface area (Å²) in [5, 5.41) is 0. The molecule has 2 rings (SSSR count). The number of primary amides is 1. The van der Waals surface area contributed by atoms with Crippen LogP contribution in [-0.2, 0) is 17.5 Å². The van der Waals surface area contributed by atoms with Crippen molar-refractivity contribution in [3.8, 4) is 0 Å². The van der Waals surface area contributed by atoms with Gasteiger partial charge in [-0.25, -0.2) is 4.79 Å². The molecule has 1 aromatic rings. The van der Waals surface area contributed by atoms with Crippen LogP contribution in [0.25, 0.3) is 0 Å². The van der Waals surface area contributed by atoms with Gasteiger partial charge in [-0.05, 0) is 45.4 Å². The number of rotatable bonds is 3. The predicted octanol–water partition coefficient (Wildman–Crippen LogP) is 3.25. The highest BCUT2D eigenvalue weighted by Crippen LogP contribution is 2.33. The maximum atomic E-state index is 13.4. The highest BCUT2D eigenvalue weighted by Gasteiger charge is 2.36. The van der Waals surface area contributed by atoms with E-state index in [9.17, 15) is 22.8 Å². The van der Waals surface area contributed by atoms with E-state index in [-0.39, 0.29) is 23.7 Å². The zero-order valence-corrected chi connectivity index (χ0v) is 16.5. The summed E-state index contributed by atoms with van der Waals surface area (Å²) >= 11 is 0. The predicted molar refractivity (Wildman–Crippen MR) is 97.6 cm³/mol. The van der Waals surface area contributed by atoms with Gasteiger partial charge in [0.1, 0.15) is 5.60 Å². The van der Waals surface area contributed by atoms with Gasteiger partial charge in [-0.3, -0.25) is 9.69 Å². The maximum Gasteiger partial charge on any atom is 0.416 e. The van der Waals surface area contributed by atoms with Crippen molar-refractivity contribution >= 4 is 12.0 Å². The number of halogens is 3. The molecule has 1 aliphatic heterocycles. The van der Waals surface area contributed by atoms with E-state index in [4.69, 9.17) is 10.5 Å². The average molecular weight is 401 g/mol. The fourth-order valence-corrected chi connectivity index (χ4v) is 3.14. The molecule has 1 aliphatic rings. The van der Waals surface area contributed by atoms with Crippen LogP contribution >= 0.6 is 0 Å². The minimum atomic E-state index is -4.59. The van der Waals surface area contributed by atoms with Crippen LogP contribution in [-0.4, -0.2) is 53.1 Å². The highest BCUT2D eigenvalue weighted by molar-refractivity contribution is 5.93. The number of carbonyl (C=O) groups is 2. The third-order valence-corrected chi connectivity index (χ3v) is 4.43. The molecule has 9 heteroatoms. The molecule has 1 saturated heterocycles. The van der Waals surface area contributed by atoms with Gasteiger partial charge in [0.2, 0.25) is 5.91 Å². The minimum Gasteiger partial charge on any atom is -0.444 e. The third kappa shape index (κ3) is 5.60. The molecule has 0 spiro atoms. The van der Waals surface area contributed by atoms with Crippen LogP contribution in [0.1, 0.15) is 49.2 Å². The lowest BCUT2D eigenvalue weighted by Gasteiger charge is -2.40. The first kappa shape index (κ1) is 22.0. The number of benzene rings is 1. The summed E-state index contributed by atoms with van der Waals surface area (Å²) in [7, 11) is 0. The van der Waals surface area contributed by atoms with Crippen molar-refractivity contribution < 1.29 is 27.5 Å². The Labute approximate surface area is 162 Å². The molecule has 1 atom stereocenters. The van der Waals surface area contributed by atoms with Gasteiger partial charge in [-0.2, -0.15) is 13.2 Å². The standard InChI is InChI=1S/C19H26F3N3O3/c1-12-10-24(7-8-25(12)17(27)28-18(2,3)4)11-14-6-5-13(16(23)26)9-15(14)19(20,21)22/h5-6,9,12H,7-8,10-11H2,1-4H3,(H2,23,26)/t12-/m0/s1. The Bertz CT molecular complexity index is 744. The van der Waals surface area contributed by atoms with Crippen LogP contribution in [0.5, 0.6) is 0 Å². The zero-order valence-electron chi connectivity index (χ0n) is 16.5. The molecular weight excluding hydrogens is 375 g/mol. The Kier molecular flexibility index (Phi) is 6.27. The highest BCUT2D eigenvalue weighted by atomic mass is 19.4. The quantitative estimate of drug-likeness (QED) is 0.844. The molecule has 0 unspecified atom stereocenters. The Morgan fingerprint density at radius 3 is 2.36 bits per heavy atom. The minimum absolute atomic E-state index is 0.0559. The molecule has 2 N–H and O–H groups in total. The number of amides is 2. The Morgan fingerprint density at radius 1 is 1.21 bits per heavy atom. The number of hydrogen-bond donors (Lipinski definition) is 1. The van der Waals surface area contributed by atoms with Gasteiger partial charge in [-0.15, -0.1) is 0 Å². The summed E-state index contributed by atoms with van der Waals surface area (Å²) in [6.45, 7) is 8.40. The summed E-state index contributed by atoms with van der Waals surface area (Å²) in [5.74, 6) is -0.906. The molecule has 1 aromatic carbocycles. The Hall–Kier alpha value is -2.29. The summed E-state index contributed by atoms with van der Waals surface area (Å²) in [6, 6.07) is 3.17. The van der Waals surface area contributed by atoms with Crippen molar-refractivity contribution in [3.05, 3.63) is 34.9 Å². The normalized spacial score (nSPS) is 18.8. The number of nitrogens with two attached hydrogens (primary N) is 1. The van der Waals surface area contributed by atoms with Gasteiger partial charge < -0.3 is 15.4 Å². The Balaban J connectivity index is 2.12. The van der Waals surface area contributed by atoms with E-state index in [0.29, 0.717) is 19.6 Å². The van der Waals surface area contributed by atoms with Crippen LogP contribution < -0.4 is 5.73 Å². The van der Waals surface area contributed by atoms with Gasteiger partial charge in [0.25, 0.3) is 0 Å². The number of piperazine rings is 1. The van der Waals surface area contributed by atoms with E-state index >= 15 is 0 Å². The second kappa shape index (κ2) is 7.98. The molecule has 6 nitrogen and oxygen atoms in total. The molecule has 1 heterocycles. The van der Waals surface area contributed by atoms with E-state index in [2.05, 4.69) is 0 Å². The first-order chi connectivity index (χ1) is 12.8. The number of nitrogens with zero attached hydrogens (tertiary/aromatic N) is 2. The van der Waals surface area contributed by atoms with E-state index in [1.807, 2.05) is 11.8 Å². The van der Waals surface area contributed by atoms with E-state index in [0.717, 1.165) is 6.07 Å². The van der Waals surface area contributed by atoms with Crippen LogP contribution in [0, 0.1) is 0 Å². The number of carbonyl (C=O) groups excluding carboxylic acids is 2. The smallest absolute Gasteiger partial charge is 0.416 e. The van der Waals surface area contributed by atoms with Crippen molar-refractivity contribution in [3.63, 3.8) is 0 Å². The fraction of sp³-hybridized carbons (Fsp3) is 0.579. The first-order valence-electron chi connectivity index (χ1n) is 9.00. The van der Waals surface area contributed by atoms with Crippen molar-refractivity contribution in [1.82, 2.24) is 9.80 Å². The van der Waals surface area contributed by atoms with Gasteiger partial charge in [0, 0.05) is 37.8 Å². The van der Waals surface area contributed by atoms with Gasteiger partial charge in [0.15, 0.2) is 0 Å². The summed E-state index contributed by atoms with van der Waals surface area (Å²) in [5.41, 5.74) is 3.50. The SMILES string of the molecule is C[C@H]1CN(Cc2ccc(C(N)=O)cc2C(F)(F)F)CCN1C(=O)OC(C)(C)C. The van der Waals surface area contributed by atoms with Crippen LogP contribution in [0.4, 0.5) is 18.0 Å². The fourth-order valence-electron chi connectivity index (χ4n) is 3.14. The number of hydrogen-bond acceptors (Lipinski definition) is 4. The lowest BCUT2D eigenvalue weighted by atomic mass is 10.0. The van der Waals surface area contributed by atoms with Crippen LogP contribution in [0.3, 0.4) is 0 Å². The number of ether oxygens (including phenoxy) is 1. The molecule has 0 aliphatic carbocycles. The third-order valence-electron chi connectivity index (χ3n) is 4.43. The molecule has 0 saturated carbocycles. The van der Waals surface area contributed by atoms with Gasteiger partial charge in [-0.1, -0.05) is 6.07 Å². The first-order valence-corrected chi connectivity index (χ1v) is 9.00. The zero-order chi connectivity index (χ0) is 21.3. The molecule has 28 heavy (non-hydrogen) atoms. The maximum absolute atomic E-state index is 13.4. The van der Waals surface area contributed by atoms with Crippen molar-refractivity contribution in [1.29, 1.82) is 0 Å². The van der Waals surface area contributed by atoms with Gasteiger partial charge in [0.05, 0.1) is 5.56 Å². The molecule has 156 valence electrons. The van der Waals surface area contributed by atoms with Crippen molar-refractivity contribution in [2.75, 3.05) is 19.6 Å². The summed E-state index contributed by atoms with van der Waals surface area (Å²) in [6.07, 6.45) is -5.02.